The summed E-state index contributed by atoms with van der Waals surface area (Å²) in [6.45, 7) is 1.70. The summed E-state index contributed by atoms with van der Waals surface area (Å²) in [6.07, 6.45) is 6.52. The van der Waals surface area contributed by atoms with Gasteiger partial charge in [-0.15, -0.1) is 0 Å². The molecule has 1 atom stereocenters. The molecule has 4 heterocycles. The fourth-order valence-electron chi connectivity index (χ4n) is 4.00. The number of aromatic amines is 1. The van der Waals surface area contributed by atoms with E-state index in [0.717, 1.165) is 22.6 Å². The molecule has 3 aromatic heterocycles. The van der Waals surface area contributed by atoms with Gasteiger partial charge in [-0.2, -0.15) is 13.5 Å². The van der Waals surface area contributed by atoms with E-state index in [4.69, 9.17) is 14.5 Å². The number of aromatic nitrogens is 5. The third kappa shape index (κ3) is 5.74. The maximum absolute atomic E-state index is 12.7. The van der Waals surface area contributed by atoms with Gasteiger partial charge in [0, 0.05) is 56.2 Å². The van der Waals surface area contributed by atoms with Gasteiger partial charge in [0.1, 0.15) is 12.7 Å². The predicted octanol–water partition coefficient (Wildman–Crippen LogP) is 2.44. The number of amides is 1. The molecule has 1 aromatic carbocycles. The minimum atomic E-state index is -0.272. The maximum Gasteiger partial charge on any atom is 0.242 e. The van der Waals surface area contributed by atoms with Gasteiger partial charge in [0.2, 0.25) is 11.8 Å². The summed E-state index contributed by atoms with van der Waals surface area (Å²) in [5, 5.41) is 0. The van der Waals surface area contributed by atoms with Crippen LogP contribution in [0.25, 0.3) is 22.3 Å². The molecule has 1 fully saturated rings. The average Bonchev–Trinajstić information content (AvgIpc) is 3.40. The van der Waals surface area contributed by atoms with Crippen LogP contribution < -0.4 is 9.64 Å². The van der Waals surface area contributed by atoms with Gasteiger partial charge in [0.05, 0.1) is 37.1 Å². The Morgan fingerprint density at radius 1 is 1.22 bits per heavy atom. The highest BCUT2D eigenvalue weighted by molar-refractivity contribution is 7.59. The van der Waals surface area contributed by atoms with E-state index in [2.05, 4.69) is 19.9 Å². The van der Waals surface area contributed by atoms with Crippen molar-refractivity contribution in [3.05, 3.63) is 60.9 Å². The van der Waals surface area contributed by atoms with Gasteiger partial charge in [-0.1, -0.05) is 12.1 Å². The fourth-order valence-corrected chi connectivity index (χ4v) is 4.00. The van der Waals surface area contributed by atoms with E-state index in [0.29, 0.717) is 36.6 Å². The Morgan fingerprint density at radius 3 is 2.78 bits per heavy atom. The molecule has 0 radical (unpaired) electrons. The lowest BCUT2D eigenvalue weighted by atomic mass is 10.1. The van der Waals surface area contributed by atoms with Gasteiger partial charge in [0.15, 0.2) is 5.52 Å². The largest absolute Gasteiger partial charge is 0.473 e. The Bertz CT molecular complexity index is 1300. The van der Waals surface area contributed by atoms with Crippen molar-refractivity contribution < 1.29 is 14.3 Å². The molecule has 36 heavy (non-hydrogen) atoms. The van der Waals surface area contributed by atoms with Gasteiger partial charge >= 0.3 is 0 Å². The number of ether oxygens (including phenoxy) is 2. The number of rotatable bonds is 7. The first-order valence-corrected chi connectivity index (χ1v) is 11.5. The number of benzene rings is 1. The number of hydrogen-bond donors (Lipinski definition) is 1. The smallest absolute Gasteiger partial charge is 0.242 e. The van der Waals surface area contributed by atoms with E-state index >= 15 is 0 Å². The lowest BCUT2D eigenvalue weighted by Gasteiger charge is -2.32. The number of carbonyl (C=O) groups excluding carboxylic acids is 1. The van der Waals surface area contributed by atoms with Crippen molar-refractivity contribution in [1.29, 1.82) is 0 Å². The van der Waals surface area contributed by atoms with Crippen LogP contribution in [0.2, 0.25) is 0 Å². The molecule has 11 heteroatoms. The lowest BCUT2D eigenvalue weighted by Crippen LogP contribution is -2.48. The van der Waals surface area contributed by atoms with E-state index in [1.165, 1.54) is 0 Å². The molecular formula is C25H29N7O3S. The van der Waals surface area contributed by atoms with Crippen molar-refractivity contribution >= 4 is 36.1 Å². The average molecular weight is 508 g/mol. The van der Waals surface area contributed by atoms with E-state index in [9.17, 15) is 4.79 Å². The second-order valence-corrected chi connectivity index (χ2v) is 8.58. The van der Waals surface area contributed by atoms with E-state index in [-0.39, 0.29) is 38.5 Å². The summed E-state index contributed by atoms with van der Waals surface area (Å²) < 4.78 is 12.0. The van der Waals surface area contributed by atoms with Crippen LogP contribution in [0.3, 0.4) is 0 Å². The third-order valence-corrected chi connectivity index (χ3v) is 5.90. The molecule has 0 saturated carbocycles. The number of morpholine rings is 1. The van der Waals surface area contributed by atoms with Gasteiger partial charge in [-0.3, -0.25) is 9.78 Å². The second kappa shape index (κ2) is 11.4. The number of carbonyl (C=O) groups is 1. The number of nitrogens with one attached hydrogen (secondary N) is 1. The number of hydrogen-bond acceptors (Lipinski definition) is 8. The van der Waals surface area contributed by atoms with E-state index in [1.807, 2.05) is 49.3 Å². The molecule has 1 aliphatic rings. The summed E-state index contributed by atoms with van der Waals surface area (Å²) in [6, 6.07) is 10.0. The van der Waals surface area contributed by atoms with Crippen molar-refractivity contribution in [1.82, 2.24) is 29.8 Å². The Morgan fingerprint density at radius 2 is 2.03 bits per heavy atom. The summed E-state index contributed by atoms with van der Waals surface area (Å²) in [7, 11) is 4.01. The Kier molecular flexibility index (Phi) is 8.01. The van der Waals surface area contributed by atoms with Crippen LogP contribution in [0.4, 0.5) is 5.69 Å². The molecule has 1 aliphatic heterocycles. The summed E-state index contributed by atoms with van der Waals surface area (Å²) >= 11 is 0. The molecule has 5 rings (SSSR count). The number of H-pyrrole nitrogens is 1. The third-order valence-electron chi connectivity index (χ3n) is 5.90. The zero-order valence-corrected chi connectivity index (χ0v) is 21.2. The maximum atomic E-state index is 12.7. The highest BCUT2D eigenvalue weighted by Gasteiger charge is 2.25. The SMILES string of the molecule is CN(C)c1ccc(-c2cc3nccnc3c(OC[C@@H]3CN(C(=O)Cc4cnc[nH]4)CCO3)n2)cc1.S. The zero-order chi connectivity index (χ0) is 24.2. The first kappa shape index (κ1) is 25.4. The van der Waals surface area contributed by atoms with Crippen LogP contribution in [0.5, 0.6) is 5.88 Å². The van der Waals surface area contributed by atoms with Crippen molar-refractivity contribution in [3.63, 3.8) is 0 Å². The molecule has 4 aromatic rings. The van der Waals surface area contributed by atoms with Crippen molar-refractivity contribution in [2.24, 2.45) is 0 Å². The molecule has 10 nitrogen and oxygen atoms in total. The highest BCUT2D eigenvalue weighted by Crippen LogP contribution is 2.28. The monoisotopic (exact) mass is 507 g/mol. The Hall–Kier alpha value is -3.70. The predicted molar refractivity (Wildman–Crippen MR) is 142 cm³/mol. The van der Waals surface area contributed by atoms with Crippen molar-refractivity contribution in [3.8, 4) is 17.1 Å². The van der Waals surface area contributed by atoms with Gasteiger partial charge in [-0.25, -0.2) is 15.0 Å². The number of imidazole rings is 1. The molecule has 1 saturated heterocycles. The Labute approximate surface area is 216 Å². The first-order valence-electron chi connectivity index (χ1n) is 11.5. The van der Waals surface area contributed by atoms with Gasteiger partial charge < -0.3 is 24.3 Å². The van der Waals surface area contributed by atoms with Crippen LogP contribution in [0.15, 0.2) is 55.2 Å². The molecule has 0 unspecified atom stereocenters. The molecule has 0 aliphatic carbocycles. The molecule has 1 N–H and O–H groups in total. The highest BCUT2D eigenvalue weighted by atomic mass is 32.1. The van der Waals surface area contributed by atoms with Crippen LogP contribution in [0.1, 0.15) is 5.69 Å². The molecule has 0 spiro atoms. The van der Waals surface area contributed by atoms with Crippen molar-refractivity contribution in [2.75, 3.05) is 45.3 Å². The zero-order valence-electron chi connectivity index (χ0n) is 20.2. The first-order chi connectivity index (χ1) is 17.1. The topological polar surface area (TPSA) is 109 Å². The summed E-state index contributed by atoms with van der Waals surface area (Å²) in [5.74, 6) is 0.423. The van der Waals surface area contributed by atoms with Gasteiger partial charge in [-0.05, 0) is 18.2 Å². The minimum absolute atomic E-state index is 0. The number of pyridine rings is 1. The number of fused-ring (bicyclic) bond motifs is 1. The van der Waals surface area contributed by atoms with E-state index < -0.39 is 0 Å². The van der Waals surface area contributed by atoms with Crippen LogP contribution >= 0.6 is 13.5 Å². The lowest BCUT2D eigenvalue weighted by molar-refractivity contribution is -0.139. The molecule has 188 valence electrons. The number of anilines is 1. The Balaban J connectivity index is 0.00000304. The second-order valence-electron chi connectivity index (χ2n) is 8.58. The molecular weight excluding hydrogens is 478 g/mol. The van der Waals surface area contributed by atoms with Gasteiger partial charge in [0.25, 0.3) is 0 Å². The van der Waals surface area contributed by atoms with Crippen LogP contribution in [-0.4, -0.2) is 82.2 Å². The van der Waals surface area contributed by atoms with Crippen LogP contribution in [-0.2, 0) is 16.0 Å². The van der Waals surface area contributed by atoms with Crippen molar-refractivity contribution in [2.45, 2.75) is 12.5 Å². The number of nitrogens with zero attached hydrogens (tertiary/aromatic N) is 6. The standard InChI is InChI=1S/C25H27N7O3.H2S/c1-31(2)19-5-3-17(4-6-19)21-12-22-24(28-8-7-27-22)25(30-21)35-15-20-14-32(9-10-34-20)23(33)11-18-13-26-16-29-18;/h3-8,12-13,16,20H,9-11,14-15H2,1-2H3,(H,26,29);1H2/t20-;/m0./s1. The minimum Gasteiger partial charge on any atom is -0.473 e. The summed E-state index contributed by atoms with van der Waals surface area (Å²) in [4.78, 5) is 37.1. The molecule has 1 amide bonds. The fraction of sp³-hybridized carbons (Fsp3) is 0.320. The summed E-state index contributed by atoms with van der Waals surface area (Å²) in [5.41, 5.74) is 4.89. The normalized spacial score (nSPS) is 15.4. The van der Waals surface area contributed by atoms with Crippen LogP contribution in [0, 0.1) is 0 Å². The quantitative estimate of drug-likeness (QED) is 0.406. The van der Waals surface area contributed by atoms with E-state index in [1.54, 1.807) is 29.8 Å². The molecule has 0 bridgehead atoms.